The molecule has 0 aromatic heterocycles. The maximum atomic E-state index is 2.52. The fraction of sp³-hybridized carbons (Fsp3) is 0.147. The molecule has 0 radical (unpaired) electrons. The van der Waals surface area contributed by atoms with Gasteiger partial charge in [-0.15, -0.1) is 0 Å². The van der Waals surface area contributed by atoms with Gasteiger partial charge in [0.2, 0.25) is 0 Å². The second-order valence-electron chi connectivity index (χ2n) is 20.2. The standard InChI is InChI=1S/C68H55N/c1-67(2)61-33-15-12-28-55(61)57-43-41-53(45-63(57)67)69(65-35-17-14-30-59(65)60-32-19-23-48-22-18-31-54(66(48)60)47-20-6-3-7-21-47)52-39-36-46(37-40-52)49-38-42-58-56-29-13-16-34-62(56)68(64(58)44-49,50-24-8-4-9-25-50)51-26-10-5-11-27-51/h4-5,8-19,22-45,47H,3,6-7,20-21H2,1-2H3. The van der Waals surface area contributed by atoms with Gasteiger partial charge in [-0.3, -0.25) is 0 Å². The third kappa shape index (κ3) is 6.51. The molecule has 0 atom stereocenters. The summed E-state index contributed by atoms with van der Waals surface area (Å²) < 4.78 is 0. The average molecular weight is 886 g/mol. The predicted molar refractivity (Wildman–Crippen MR) is 290 cm³/mol. The Labute approximate surface area is 407 Å². The van der Waals surface area contributed by atoms with E-state index in [9.17, 15) is 0 Å². The Kier molecular flexibility index (Phi) is 9.91. The molecule has 3 aliphatic carbocycles. The van der Waals surface area contributed by atoms with Gasteiger partial charge < -0.3 is 4.90 Å². The van der Waals surface area contributed by atoms with E-state index in [0.717, 1.165) is 11.4 Å². The lowest BCUT2D eigenvalue weighted by atomic mass is 9.67. The molecule has 3 aliphatic rings. The van der Waals surface area contributed by atoms with E-state index in [4.69, 9.17) is 0 Å². The van der Waals surface area contributed by atoms with Crippen LogP contribution in [0.1, 0.15) is 90.8 Å². The van der Waals surface area contributed by atoms with Gasteiger partial charge in [0.25, 0.3) is 0 Å². The largest absolute Gasteiger partial charge is 0.310 e. The molecule has 332 valence electrons. The van der Waals surface area contributed by atoms with Crippen LogP contribution in [0.3, 0.4) is 0 Å². The van der Waals surface area contributed by atoms with Crippen LogP contribution in [0.2, 0.25) is 0 Å². The van der Waals surface area contributed by atoms with E-state index in [0.29, 0.717) is 5.92 Å². The maximum Gasteiger partial charge on any atom is 0.0713 e. The normalized spacial score (nSPS) is 15.3. The number of rotatable bonds is 8. The van der Waals surface area contributed by atoms with E-state index in [2.05, 4.69) is 249 Å². The molecule has 0 N–H and O–H groups in total. The SMILES string of the molecule is CC1(C)c2ccccc2-c2ccc(N(c3ccc(-c4ccc5c(c4)C(c4ccccc4)(c4ccccc4)c4ccccc4-5)cc3)c3ccccc3-c3cccc4cccc(C5CCCCC5)c34)cc21. The Morgan fingerprint density at radius 2 is 0.913 bits per heavy atom. The molecule has 1 saturated carbocycles. The molecule has 0 unspecified atom stereocenters. The smallest absolute Gasteiger partial charge is 0.0713 e. The third-order valence-corrected chi connectivity index (χ3v) is 16.2. The second-order valence-corrected chi connectivity index (χ2v) is 20.2. The predicted octanol–water partition coefficient (Wildman–Crippen LogP) is 18.4. The molecule has 0 aliphatic heterocycles. The number of hydrogen-bond donors (Lipinski definition) is 0. The van der Waals surface area contributed by atoms with Gasteiger partial charge in [0, 0.05) is 22.4 Å². The van der Waals surface area contributed by atoms with Crippen molar-refractivity contribution in [3.8, 4) is 44.5 Å². The number of benzene rings is 10. The van der Waals surface area contributed by atoms with E-state index < -0.39 is 5.41 Å². The van der Waals surface area contributed by atoms with Crippen molar-refractivity contribution in [3.63, 3.8) is 0 Å². The molecule has 1 fully saturated rings. The summed E-state index contributed by atoms with van der Waals surface area (Å²) >= 11 is 0. The van der Waals surface area contributed by atoms with Crippen LogP contribution in [0, 0.1) is 0 Å². The minimum Gasteiger partial charge on any atom is -0.310 e. The number of fused-ring (bicyclic) bond motifs is 7. The second kappa shape index (κ2) is 16.5. The average Bonchev–Trinajstić information content (AvgIpc) is 3.84. The zero-order chi connectivity index (χ0) is 46.1. The van der Waals surface area contributed by atoms with Crippen molar-refractivity contribution in [3.05, 3.63) is 269 Å². The molecule has 0 amide bonds. The molecule has 0 bridgehead atoms. The van der Waals surface area contributed by atoms with Crippen molar-refractivity contribution < 1.29 is 0 Å². The monoisotopic (exact) mass is 885 g/mol. The summed E-state index contributed by atoms with van der Waals surface area (Å²) in [5, 5.41) is 2.72. The molecule has 0 saturated heterocycles. The van der Waals surface area contributed by atoms with Gasteiger partial charge >= 0.3 is 0 Å². The quantitative estimate of drug-likeness (QED) is 0.147. The first-order valence-electron chi connectivity index (χ1n) is 25.1. The van der Waals surface area contributed by atoms with Gasteiger partial charge in [-0.1, -0.05) is 227 Å². The Hall–Kier alpha value is -7.74. The minimum absolute atomic E-state index is 0.135. The number of nitrogens with zero attached hydrogens (tertiary/aromatic N) is 1. The van der Waals surface area contributed by atoms with Crippen LogP contribution in [0.5, 0.6) is 0 Å². The number of para-hydroxylation sites is 1. The molecule has 13 rings (SSSR count). The van der Waals surface area contributed by atoms with Crippen molar-refractivity contribution in [2.24, 2.45) is 0 Å². The third-order valence-electron chi connectivity index (χ3n) is 16.2. The molecular formula is C68H55N. The zero-order valence-electron chi connectivity index (χ0n) is 39.5. The summed E-state index contributed by atoms with van der Waals surface area (Å²) in [5.41, 5.74) is 22.6. The number of hydrogen-bond acceptors (Lipinski definition) is 1. The van der Waals surface area contributed by atoms with E-state index in [1.165, 1.54) is 132 Å². The summed E-state index contributed by atoms with van der Waals surface area (Å²) in [5.74, 6) is 0.582. The molecule has 10 aromatic carbocycles. The Balaban J connectivity index is 0.980. The lowest BCUT2D eigenvalue weighted by molar-refractivity contribution is 0.445. The van der Waals surface area contributed by atoms with Crippen LogP contribution in [0.15, 0.2) is 231 Å². The molecule has 1 nitrogen and oxygen atoms in total. The number of anilines is 3. The van der Waals surface area contributed by atoms with Gasteiger partial charge in [-0.2, -0.15) is 0 Å². The Bertz CT molecular complexity index is 3510. The molecule has 1 heteroatoms. The lowest BCUT2D eigenvalue weighted by Gasteiger charge is -2.34. The van der Waals surface area contributed by atoms with E-state index in [1.54, 1.807) is 0 Å². The summed E-state index contributed by atoms with van der Waals surface area (Å²) in [6.45, 7) is 4.77. The van der Waals surface area contributed by atoms with E-state index in [1.807, 2.05) is 0 Å². The maximum absolute atomic E-state index is 2.52. The highest BCUT2D eigenvalue weighted by Gasteiger charge is 2.46. The van der Waals surface area contributed by atoms with Gasteiger partial charge in [0.15, 0.2) is 0 Å². The fourth-order valence-corrected chi connectivity index (χ4v) is 12.9. The summed E-state index contributed by atoms with van der Waals surface area (Å²) in [6, 6.07) is 87.0. The van der Waals surface area contributed by atoms with Crippen LogP contribution in [0.4, 0.5) is 17.1 Å². The molecule has 0 spiro atoms. The van der Waals surface area contributed by atoms with Gasteiger partial charge in [0.1, 0.15) is 0 Å². The van der Waals surface area contributed by atoms with Crippen molar-refractivity contribution in [1.29, 1.82) is 0 Å². The summed E-state index contributed by atoms with van der Waals surface area (Å²) in [6.07, 6.45) is 6.48. The van der Waals surface area contributed by atoms with Crippen LogP contribution in [0.25, 0.3) is 55.3 Å². The van der Waals surface area contributed by atoms with Crippen molar-refractivity contribution >= 4 is 27.8 Å². The molecule has 10 aromatic rings. The Morgan fingerprint density at radius 3 is 1.64 bits per heavy atom. The fourth-order valence-electron chi connectivity index (χ4n) is 12.9. The van der Waals surface area contributed by atoms with E-state index in [-0.39, 0.29) is 5.41 Å². The topological polar surface area (TPSA) is 3.24 Å². The highest BCUT2D eigenvalue weighted by Crippen LogP contribution is 2.57. The zero-order valence-corrected chi connectivity index (χ0v) is 39.5. The first-order chi connectivity index (χ1) is 34.0. The van der Waals surface area contributed by atoms with Crippen molar-refractivity contribution in [2.75, 3.05) is 4.90 Å². The minimum atomic E-state index is -0.454. The van der Waals surface area contributed by atoms with Gasteiger partial charge in [-0.05, 0) is 144 Å². The highest BCUT2D eigenvalue weighted by molar-refractivity contribution is 6.03. The van der Waals surface area contributed by atoms with Crippen LogP contribution >= 0.6 is 0 Å². The molecular weight excluding hydrogens is 831 g/mol. The first kappa shape index (κ1) is 41.4. The van der Waals surface area contributed by atoms with Crippen molar-refractivity contribution in [2.45, 2.75) is 62.7 Å². The lowest BCUT2D eigenvalue weighted by Crippen LogP contribution is -2.28. The summed E-state index contributed by atoms with van der Waals surface area (Å²) in [7, 11) is 0. The van der Waals surface area contributed by atoms with Gasteiger partial charge in [0.05, 0.1) is 11.1 Å². The van der Waals surface area contributed by atoms with E-state index >= 15 is 0 Å². The highest BCUT2D eigenvalue weighted by atomic mass is 15.1. The van der Waals surface area contributed by atoms with Crippen LogP contribution in [-0.4, -0.2) is 0 Å². The van der Waals surface area contributed by atoms with Crippen LogP contribution < -0.4 is 4.90 Å². The Morgan fingerprint density at radius 1 is 0.377 bits per heavy atom. The van der Waals surface area contributed by atoms with Gasteiger partial charge in [-0.25, -0.2) is 0 Å². The first-order valence-corrected chi connectivity index (χ1v) is 25.1. The molecule has 69 heavy (non-hydrogen) atoms. The van der Waals surface area contributed by atoms with Crippen LogP contribution in [-0.2, 0) is 10.8 Å². The molecule has 0 heterocycles. The van der Waals surface area contributed by atoms with Crippen molar-refractivity contribution in [1.82, 2.24) is 0 Å². The summed E-state index contributed by atoms with van der Waals surface area (Å²) in [4.78, 5) is 2.52.